The molecule has 1 aromatic heterocycles. The lowest BCUT2D eigenvalue weighted by Crippen LogP contribution is -2.29. The molecule has 1 saturated carbocycles. The van der Waals surface area contributed by atoms with Crippen LogP contribution in [0.15, 0.2) is 4.52 Å². The Morgan fingerprint density at radius 3 is 2.38 bits per heavy atom. The van der Waals surface area contributed by atoms with Gasteiger partial charge in [0.15, 0.2) is 0 Å². The second-order valence-corrected chi connectivity index (χ2v) is 6.97. The van der Waals surface area contributed by atoms with Crippen molar-refractivity contribution in [1.29, 1.82) is 0 Å². The van der Waals surface area contributed by atoms with Gasteiger partial charge in [-0.05, 0) is 12.8 Å². The Morgan fingerprint density at radius 1 is 1.24 bits per heavy atom. The number of carbonyl (C=O) groups is 1. The third-order valence-corrected chi connectivity index (χ3v) is 4.33. The fourth-order valence-corrected chi connectivity index (χ4v) is 2.73. The molecule has 1 aromatic rings. The van der Waals surface area contributed by atoms with Crippen LogP contribution in [0.2, 0.25) is 0 Å². The molecule has 0 unspecified atom stereocenters. The monoisotopic (exact) mass is 294 g/mol. The van der Waals surface area contributed by atoms with E-state index >= 15 is 0 Å². The molecule has 118 valence electrons. The highest BCUT2D eigenvalue weighted by molar-refractivity contribution is 5.84. The van der Waals surface area contributed by atoms with E-state index in [9.17, 15) is 4.79 Å². The Hall–Kier alpha value is -1.23. The maximum absolute atomic E-state index is 12.1. The Morgan fingerprint density at radius 2 is 1.86 bits per heavy atom. The van der Waals surface area contributed by atoms with Crippen molar-refractivity contribution >= 4 is 5.78 Å². The zero-order valence-electron chi connectivity index (χ0n) is 13.6. The third-order valence-electron chi connectivity index (χ3n) is 4.33. The van der Waals surface area contributed by atoms with Gasteiger partial charge < -0.3 is 9.26 Å². The van der Waals surface area contributed by atoms with Gasteiger partial charge in [0, 0.05) is 12.5 Å². The largest absolute Gasteiger partial charge is 0.370 e. The molecule has 0 aromatic carbocycles. The van der Waals surface area contributed by atoms with Gasteiger partial charge in [0.25, 0.3) is 0 Å². The second kappa shape index (κ2) is 6.26. The molecule has 5 nitrogen and oxygen atoms in total. The number of ketones is 1. The lowest BCUT2D eigenvalue weighted by atomic mass is 9.89. The summed E-state index contributed by atoms with van der Waals surface area (Å²) in [7, 11) is 1.71. The molecule has 0 saturated heterocycles. The average molecular weight is 294 g/mol. The Bertz CT molecular complexity index is 480. The molecular weight excluding hydrogens is 268 g/mol. The lowest BCUT2D eigenvalue weighted by Gasteiger charge is -2.27. The smallest absolute Gasteiger partial charge is 0.234 e. The van der Waals surface area contributed by atoms with Gasteiger partial charge in [0.05, 0.1) is 6.42 Å². The average Bonchev–Trinajstić information content (AvgIpc) is 2.75. The molecule has 0 bridgehead atoms. The molecule has 2 rings (SSSR count). The van der Waals surface area contributed by atoms with Crippen LogP contribution in [0.25, 0.3) is 0 Å². The molecule has 1 fully saturated rings. The summed E-state index contributed by atoms with van der Waals surface area (Å²) in [5.41, 5.74) is -0.834. The number of hydrogen-bond donors (Lipinski definition) is 0. The van der Waals surface area contributed by atoms with Gasteiger partial charge >= 0.3 is 0 Å². The summed E-state index contributed by atoms with van der Waals surface area (Å²) in [6.45, 7) is 5.69. The minimum absolute atomic E-state index is 0.102. The van der Waals surface area contributed by atoms with Gasteiger partial charge in [0.1, 0.15) is 11.4 Å². The van der Waals surface area contributed by atoms with Gasteiger partial charge in [0.2, 0.25) is 11.7 Å². The summed E-state index contributed by atoms with van der Waals surface area (Å²) in [5.74, 6) is 1.10. The number of methoxy groups -OCH3 is 1. The number of nitrogens with zero attached hydrogens (tertiary/aromatic N) is 2. The number of hydrogen-bond acceptors (Lipinski definition) is 5. The highest BCUT2D eigenvalue weighted by Gasteiger charge is 2.38. The quantitative estimate of drug-likeness (QED) is 0.796. The van der Waals surface area contributed by atoms with E-state index in [0.717, 1.165) is 25.7 Å². The first-order chi connectivity index (χ1) is 9.87. The van der Waals surface area contributed by atoms with Crippen molar-refractivity contribution in [2.45, 2.75) is 71.3 Å². The lowest BCUT2D eigenvalue weighted by molar-refractivity contribution is -0.125. The van der Waals surface area contributed by atoms with Crippen LogP contribution >= 0.6 is 0 Å². The molecule has 1 heterocycles. The summed E-state index contributed by atoms with van der Waals surface area (Å²) >= 11 is 0. The predicted molar refractivity (Wildman–Crippen MR) is 78.9 cm³/mol. The molecule has 1 aliphatic rings. The topological polar surface area (TPSA) is 65.2 Å². The molecule has 0 aliphatic heterocycles. The molecule has 1 aliphatic carbocycles. The van der Waals surface area contributed by atoms with Crippen molar-refractivity contribution < 1.29 is 14.1 Å². The van der Waals surface area contributed by atoms with E-state index in [-0.39, 0.29) is 12.2 Å². The first-order valence-corrected chi connectivity index (χ1v) is 7.79. The number of Topliss-reactive ketones (excluding diaryl/α,β-unsaturated/α-hetero) is 1. The van der Waals surface area contributed by atoms with Gasteiger partial charge in [-0.15, -0.1) is 0 Å². The first kappa shape index (κ1) is 16.1. The van der Waals surface area contributed by atoms with Crippen LogP contribution in [0.3, 0.4) is 0 Å². The van der Waals surface area contributed by atoms with E-state index in [0.29, 0.717) is 11.7 Å². The summed E-state index contributed by atoms with van der Waals surface area (Å²) in [5, 5.41) is 4.10. The SMILES string of the molecule is COC1(c2noc(CC(=O)C(C)(C)C)n2)CCCCCC1. The van der Waals surface area contributed by atoms with E-state index in [1.165, 1.54) is 12.8 Å². The Kier molecular flexibility index (Phi) is 4.81. The second-order valence-electron chi connectivity index (χ2n) is 6.97. The van der Waals surface area contributed by atoms with Crippen molar-refractivity contribution in [2.75, 3.05) is 7.11 Å². The first-order valence-electron chi connectivity index (χ1n) is 7.79. The van der Waals surface area contributed by atoms with Crippen molar-refractivity contribution in [1.82, 2.24) is 10.1 Å². The highest BCUT2D eigenvalue weighted by Crippen LogP contribution is 2.37. The Labute approximate surface area is 126 Å². The van der Waals surface area contributed by atoms with Crippen LogP contribution in [-0.2, 0) is 21.6 Å². The van der Waals surface area contributed by atoms with Crippen LogP contribution in [0, 0.1) is 5.41 Å². The zero-order chi connectivity index (χ0) is 15.5. The van der Waals surface area contributed by atoms with Crippen molar-refractivity contribution in [2.24, 2.45) is 5.41 Å². The summed E-state index contributed by atoms with van der Waals surface area (Å²) < 4.78 is 11.0. The normalized spacial score (nSPS) is 19.2. The van der Waals surface area contributed by atoms with Gasteiger partial charge in [-0.3, -0.25) is 4.79 Å². The number of ether oxygens (including phenoxy) is 1. The fraction of sp³-hybridized carbons (Fsp3) is 0.812. The molecule has 0 amide bonds. The molecular formula is C16H26N2O3. The summed E-state index contributed by atoms with van der Waals surface area (Å²) in [6.07, 6.45) is 6.68. The van der Waals surface area contributed by atoms with Crippen LogP contribution in [0.1, 0.15) is 71.0 Å². The standard InChI is InChI=1S/C16H26N2O3/c1-15(2,3)12(19)11-13-17-14(18-21-13)16(20-4)9-7-5-6-8-10-16/h5-11H2,1-4H3. The molecule has 0 atom stereocenters. The van der Waals surface area contributed by atoms with Crippen LogP contribution < -0.4 is 0 Å². The highest BCUT2D eigenvalue weighted by atomic mass is 16.5. The third kappa shape index (κ3) is 3.70. The molecule has 0 radical (unpaired) electrons. The van der Waals surface area contributed by atoms with Crippen molar-refractivity contribution in [3.63, 3.8) is 0 Å². The molecule has 5 heteroatoms. The molecule has 0 N–H and O–H groups in total. The van der Waals surface area contributed by atoms with Crippen LogP contribution in [0.5, 0.6) is 0 Å². The van der Waals surface area contributed by atoms with E-state index in [1.54, 1.807) is 7.11 Å². The van der Waals surface area contributed by atoms with E-state index in [2.05, 4.69) is 10.1 Å². The van der Waals surface area contributed by atoms with Crippen LogP contribution in [0.4, 0.5) is 0 Å². The van der Waals surface area contributed by atoms with Gasteiger partial charge in [-0.1, -0.05) is 51.6 Å². The minimum atomic E-state index is -0.441. The predicted octanol–water partition coefficient (Wildman–Crippen LogP) is 3.42. The van der Waals surface area contributed by atoms with Crippen molar-refractivity contribution in [3.8, 4) is 0 Å². The maximum atomic E-state index is 12.1. The molecule has 0 spiro atoms. The van der Waals surface area contributed by atoms with E-state index in [1.807, 2.05) is 20.8 Å². The molecule has 21 heavy (non-hydrogen) atoms. The maximum Gasteiger partial charge on any atom is 0.234 e. The van der Waals surface area contributed by atoms with Crippen molar-refractivity contribution in [3.05, 3.63) is 11.7 Å². The number of carbonyl (C=O) groups excluding carboxylic acids is 1. The zero-order valence-corrected chi connectivity index (χ0v) is 13.6. The summed E-state index contributed by atoms with van der Waals surface area (Å²) in [4.78, 5) is 16.5. The number of rotatable bonds is 4. The van der Waals surface area contributed by atoms with E-state index in [4.69, 9.17) is 9.26 Å². The Balaban J connectivity index is 2.15. The van der Waals surface area contributed by atoms with Gasteiger partial charge in [-0.25, -0.2) is 0 Å². The number of aromatic nitrogens is 2. The van der Waals surface area contributed by atoms with Crippen LogP contribution in [-0.4, -0.2) is 23.0 Å². The summed E-state index contributed by atoms with van der Waals surface area (Å²) in [6, 6.07) is 0. The van der Waals surface area contributed by atoms with Gasteiger partial charge in [-0.2, -0.15) is 4.98 Å². The minimum Gasteiger partial charge on any atom is -0.370 e. The van der Waals surface area contributed by atoms with E-state index < -0.39 is 11.0 Å². The fourth-order valence-electron chi connectivity index (χ4n) is 2.73.